The molecule has 0 spiro atoms. The van der Waals surface area contributed by atoms with Crippen LogP contribution < -0.4 is 10.2 Å². The van der Waals surface area contributed by atoms with E-state index in [9.17, 15) is 18.0 Å². The minimum Gasteiger partial charge on any atom is -0.356 e. The summed E-state index contributed by atoms with van der Waals surface area (Å²) in [6.45, 7) is 0.665. The van der Waals surface area contributed by atoms with Crippen molar-refractivity contribution in [1.82, 2.24) is 0 Å². The molecule has 31 heavy (non-hydrogen) atoms. The van der Waals surface area contributed by atoms with Crippen LogP contribution in [0.25, 0.3) is 0 Å². The number of rotatable bonds is 4. The molecule has 3 aromatic carbocycles. The van der Waals surface area contributed by atoms with E-state index in [1.54, 1.807) is 0 Å². The zero-order valence-electron chi connectivity index (χ0n) is 16.5. The van der Waals surface area contributed by atoms with Crippen LogP contribution in [0.2, 0.25) is 5.02 Å². The van der Waals surface area contributed by atoms with E-state index in [1.165, 1.54) is 6.07 Å². The molecule has 1 unspecified atom stereocenters. The standard InChI is InChI=1S/C24H20ClF3N2O/c25-20-13-12-18(15-19(20)24(26,27)28)29-23(31)22(17-8-2-1-3-9-17)30-14-6-10-16-7-4-5-11-21(16)30/h1-5,7-9,11-13,15,22H,6,10,14H2,(H,29,31). The number of halogens is 4. The fourth-order valence-corrected chi connectivity index (χ4v) is 4.19. The Bertz CT molecular complexity index is 1090. The Morgan fingerprint density at radius 1 is 1.00 bits per heavy atom. The summed E-state index contributed by atoms with van der Waals surface area (Å²) in [7, 11) is 0. The minimum atomic E-state index is -4.61. The van der Waals surface area contributed by atoms with Gasteiger partial charge in [0.25, 0.3) is 5.91 Å². The first-order valence-corrected chi connectivity index (χ1v) is 10.3. The highest BCUT2D eigenvalue weighted by Crippen LogP contribution is 2.38. The molecule has 0 aliphatic carbocycles. The van der Waals surface area contributed by atoms with Gasteiger partial charge < -0.3 is 10.2 Å². The molecule has 3 nitrogen and oxygen atoms in total. The molecule has 0 bridgehead atoms. The number of hydrogen-bond donors (Lipinski definition) is 1. The number of amides is 1. The summed E-state index contributed by atoms with van der Waals surface area (Å²) >= 11 is 5.71. The maximum absolute atomic E-state index is 13.4. The Balaban J connectivity index is 1.70. The van der Waals surface area contributed by atoms with Crippen LogP contribution in [0.4, 0.5) is 24.5 Å². The lowest BCUT2D eigenvalue weighted by Gasteiger charge is -2.37. The van der Waals surface area contributed by atoms with Crippen molar-refractivity contribution in [2.75, 3.05) is 16.8 Å². The normalized spacial score (nSPS) is 14.6. The van der Waals surface area contributed by atoms with E-state index in [-0.39, 0.29) is 5.69 Å². The molecule has 0 saturated carbocycles. The van der Waals surface area contributed by atoms with Crippen molar-refractivity contribution in [3.8, 4) is 0 Å². The highest BCUT2D eigenvalue weighted by molar-refractivity contribution is 6.31. The second kappa shape index (κ2) is 8.63. The zero-order chi connectivity index (χ0) is 22.0. The van der Waals surface area contributed by atoms with E-state index >= 15 is 0 Å². The van der Waals surface area contributed by atoms with E-state index < -0.39 is 28.7 Å². The third-order valence-electron chi connectivity index (χ3n) is 5.36. The van der Waals surface area contributed by atoms with Gasteiger partial charge in [-0.25, -0.2) is 0 Å². The van der Waals surface area contributed by atoms with E-state index in [0.29, 0.717) is 6.54 Å². The second-order valence-corrected chi connectivity index (χ2v) is 7.83. The summed E-state index contributed by atoms with van der Waals surface area (Å²) in [6, 6.07) is 19.8. The monoisotopic (exact) mass is 444 g/mol. The van der Waals surface area contributed by atoms with Crippen molar-refractivity contribution in [2.24, 2.45) is 0 Å². The summed E-state index contributed by atoms with van der Waals surface area (Å²) in [5.41, 5.74) is 1.94. The SMILES string of the molecule is O=C(Nc1ccc(Cl)c(C(F)(F)F)c1)C(c1ccccc1)N1CCCc2ccccc21. The molecule has 160 valence electrons. The highest BCUT2D eigenvalue weighted by Gasteiger charge is 2.34. The van der Waals surface area contributed by atoms with Gasteiger partial charge in [0, 0.05) is 17.9 Å². The highest BCUT2D eigenvalue weighted by atomic mass is 35.5. The number of benzene rings is 3. The average molecular weight is 445 g/mol. The Hall–Kier alpha value is -2.99. The van der Waals surface area contributed by atoms with Crippen LogP contribution >= 0.6 is 11.6 Å². The van der Waals surface area contributed by atoms with Crippen molar-refractivity contribution in [3.63, 3.8) is 0 Å². The molecule has 1 aliphatic heterocycles. The molecule has 3 aromatic rings. The fraction of sp³-hybridized carbons (Fsp3) is 0.208. The average Bonchev–Trinajstić information content (AvgIpc) is 2.75. The largest absolute Gasteiger partial charge is 0.417 e. The minimum absolute atomic E-state index is 0.0490. The first kappa shape index (κ1) is 21.2. The molecule has 0 fully saturated rings. The quantitative estimate of drug-likeness (QED) is 0.498. The molecular formula is C24H20ClF3N2O. The fourth-order valence-electron chi connectivity index (χ4n) is 3.97. The summed E-state index contributed by atoms with van der Waals surface area (Å²) in [6.07, 6.45) is -2.81. The first-order valence-electron chi connectivity index (χ1n) is 9.92. The molecule has 0 radical (unpaired) electrons. The Labute approximate surface area is 183 Å². The number of fused-ring (bicyclic) bond motifs is 1. The molecule has 0 aromatic heterocycles. The van der Waals surface area contributed by atoms with Gasteiger partial charge in [-0.2, -0.15) is 13.2 Å². The smallest absolute Gasteiger partial charge is 0.356 e. The zero-order valence-corrected chi connectivity index (χ0v) is 17.3. The predicted octanol–water partition coefficient (Wildman–Crippen LogP) is 6.49. The topological polar surface area (TPSA) is 32.3 Å². The number of nitrogens with zero attached hydrogens (tertiary/aromatic N) is 1. The number of alkyl halides is 3. The van der Waals surface area contributed by atoms with Crippen LogP contribution in [-0.4, -0.2) is 12.5 Å². The summed E-state index contributed by atoms with van der Waals surface area (Å²) in [5.74, 6) is -0.404. The van der Waals surface area contributed by atoms with Crippen LogP contribution in [0.3, 0.4) is 0 Å². The number of carbonyl (C=O) groups is 1. The number of para-hydroxylation sites is 1. The maximum Gasteiger partial charge on any atom is 0.417 e. The molecule has 1 N–H and O–H groups in total. The van der Waals surface area contributed by atoms with Gasteiger partial charge >= 0.3 is 6.18 Å². The van der Waals surface area contributed by atoms with Gasteiger partial charge in [0.2, 0.25) is 0 Å². The van der Waals surface area contributed by atoms with E-state index in [4.69, 9.17) is 11.6 Å². The Morgan fingerprint density at radius 2 is 1.71 bits per heavy atom. The lowest BCUT2D eigenvalue weighted by atomic mass is 9.96. The molecule has 1 atom stereocenters. The van der Waals surface area contributed by atoms with Crippen LogP contribution in [-0.2, 0) is 17.4 Å². The predicted molar refractivity (Wildman–Crippen MR) is 116 cm³/mol. The van der Waals surface area contributed by atoms with Crippen LogP contribution in [0.1, 0.15) is 29.2 Å². The molecule has 7 heteroatoms. The van der Waals surface area contributed by atoms with Gasteiger partial charge in [-0.3, -0.25) is 4.79 Å². The van der Waals surface area contributed by atoms with Crippen molar-refractivity contribution < 1.29 is 18.0 Å². The second-order valence-electron chi connectivity index (χ2n) is 7.42. The number of nitrogens with one attached hydrogen (secondary N) is 1. The molecule has 1 heterocycles. The number of carbonyl (C=O) groups excluding carboxylic acids is 1. The van der Waals surface area contributed by atoms with E-state index in [2.05, 4.69) is 5.32 Å². The van der Waals surface area contributed by atoms with Crippen molar-refractivity contribution in [1.29, 1.82) is 0 Å². The summed E-state index contributed by atoms with van der Waals surface area (Å²) < 4.78 is 39.7. The van der Waals surface area contributed by atoms with Crippen molar-refractivity contribution in [2.45, 2.75) is 25.1 Å². The van der Waals surface area contributed by atoms with E-state index in [1.807, 2.05) is 59.5 Å². The van der Waals surface area contributed by atoms with Gasteiger partial charge in [-0.15, -0.1) is 0 Å². The molecule has 1 amide bonds. The maximum atomic E-state index is 13.4. The van der Waals surface area contributed by atoms with Crippen molar-refractivity contribution in [3.05, 3.63) is 94.5 Å². The molecule has 4 rings (SSSR count). The summed E-state index contributed by atoms with van der Waals surface area (Å²) in [5, 5.41) is 2.26. The van der Waals surface area contributed by atoms with Crippen molar-refractivity contribution >= 4 is 28.9 Å². The van der Waals surface area contributed by atoms with E-state index in [0.717, 1.165) is 41.8 Å². The number of aryl methyl sites for hydroxylation is 1. The van der Waals surface area contributed by atoms with Gasteiger partial charge in [0.05, 0.1) is 10.6 Å². The Kier molecular flexibility index (Phi) is 5.92. The van der Waals surface area contributed by atoms with Gasteiger partial charge in [-0.1, -0.05) is 60.1 Å². The third kappa shape index (κ3) is 4.54. The van der Waals surface area contributed by atoms with Gasteiger partial charge in [0.15, 0.2) is 0 Å². The third-order valence-corrected chi connectivity index (χ3v) is 5.69. The first-order chi connectivity index (χ1) is 14.8. The van der Waals surface area contributed by atoms with Crippen LogP contribution in [0.15, 0.2) is 72.8 Å². The number of anilines is 2. The lowest BCUT2D eigenvalue weighted by molar-refractivity contribution is -0.137. The molecule has 1 aliphatic rings. The molecular weight excluding hydrogens is 425 g/mol. The van der Waals surface area contributed by atoms with Crippen LogP contribution in [0.5, 0.6) is 0 Å². The lowest BCUT2D eigenvalue weighted by Crippen LogP contribution is -2.40. The van der Waals surface area contributed by atoms with Gasteiger partial charge in [0.1, 0.15) is 6.04 Å². The van der Waals surface area contributed by atoms with Gasteiger partial charge in [-0.05, 0) is 48.2 Å². The molecule has 0 saturated heterocycles. The Morgan fingerprint density at radius 3 is 2.45 bits per heavy atom. The summed E-state index contributed by atoms with van der Waals surface area (Å²) in [4.78, 5) is 15.4. The number of hydrogen-bond acceptors (Lipinski definition) is 2. The van der Waals surface area contributed by atoms with Crippen LogP contribution in [0, 0.1) is 0 Å².